The van der Waals surface area contributed by atoms with Crippen molar-refractivity contribution in [2.45, 2.75) is 45.3 Å². The molecule has 2 aromatic rings. The summed E-state index contributed by atoms with van der Waals surface area (Å²) in [6, 6.07) is 19.0. The number of carbonyl (C=O) groups is 1. The monoisotopic (exact) mass is 459 g/mol. The number of nitriles is 1. The standard InChI is InChI=1S/C28H37N5O/c1-22-19-33(16-13-30-22)21-26-7-9-27(10-8-26)31(2)28(34)17-23-11-14-32(15-12-23)20-25-5-3-24(18-29)4-6-25/h3-10,22-23,30H,11-17,19-21H2,1-2H3/t22-/m0/s1. The minimum absolute atomic E-state index is 0.203. The van der Waals surface area contributed by atoms with Crippen LogP contribution < -0.4 is 10.2 Å². The Morgan fingerprint density at radius 2 is 1.62 bits per heavy atom. The van der Waals surface area contributed by atoms with Crippen LogP contribution in [0.25, 0.3) is 0 Å². The van der Waals surface area contributed by atoms with Crippen LogP contribution in [0.4, 0.5) is 5.69 Å². The van der Waals surface area contributed by atoms with Crippen LogP contribution in [0, 0.1) is 17.2 Å². The molecule has 0 saturated carbocycles. The van der Waals surface area contributed by atoms with E-state index in [2.05, 4.69) is 52.4 Å². The van der Waals surface area contributed by atoms with Gasteiger partial charge in [0.05, 0.1) is 11.6 Å². The molecule has 0 aromatic heterocycles. The van der Waals surface area contributed by atoms with Crippen molar-refractivity contribution >= 4 is 11.6 Å². The lowest BCUT2D eigenvalue weighted by atomic mass is 9.92. The number of hydrogen-bond donors (Lipinski definition) is 1. The maximum Gasteiger partial charge on any atom is 0.226 e. The molecule has 2 fully saturated rings. The molecule has 180 valence electrons. The van der Waals surface area contributed by atoms with Crippen molar-refractivity contribution in [3.8, 4) is 6.07 Å². The molecule has 1 N–H and O–H groups in total. The number of carbonyl (C=O) groups excluding carboxylic acids is 1. The average molecular weight is 460 g/mol. The van der Waals surface area contributed by atoms with Gasteiger partial charge in [0.1, 0.15) is 0 Å². The molecule has 6 heteroatoms. The Labute approximate surface area is 204 Å². The topological polar surface area (TPSA) is 62.6 Å². The molecule has 0 bridgehead atoms. The van der Waals surface area contributed by atoms with Crippen LogP contribution in [0.1, 0.15) is 42.9 Å². The lowest BCUT2D eigenvalue weighted by molar-refractivity contribution is -0.119. The molecule has 2 aromatic carbocycles. The first-order valence-corrected chi connectivity index (χ1v) is 12.5. The van der Waals surface area contributed by atoms with E-state index in [1.165, 1.54) is 11.1 Å². The van der Waals surface area contributed by atoms with E-state index in [9.17, 15) is 4.79 Å². The molecule has 2 aliphatic heterocycles. The number of benzene rings is 2. The minimum Gasteiger partial charge on any atom is -0.315 e. The highest BCUT2D eigenvalue weighted by Crippen LogP contribution is 2.24. The van der Waals surface area contributed by atoms with Gasteiger partial charge in [0, 0.05) is 57.9 Å². The number of anilines is 1. The molecule has 4 rings (SSSR count). The predicted octanol–water partition coefficient (Wildman–Crippen LogP) is 3.62. The Kier molecular flexibility index (Phi) is 8.34. The Balaban J connectivity index is 1.21. The fourth-order valence-electron chi connectivity index (χ4n) is 5.06. The van der Waals surface area contributed by atoms with Gasteiger partial charge in [-0.3, -0.25) is 14.6 Å². The van der Waals surface area contributed by atoms with Crippen molar-refractivity contribution in [2.24, 2.45) is 5.92 Å². The third-order valence-electron chi connectivity index (χ3n) is 7.22. The summed E-state index contributed by atoms with van der Waals surface area (Å²) < 4.78 is 0. The third-order valence-corrected chi connectivity index (χ3v) is 7.22. The van der Waals surface area contributed by atoms with E-state index < -0.39 is 0 Å². The molecule has 6 nitrogen and oxygen atoms in total. The molecule has 1 amide bonds. The summed E-state index contributed by atoms with van der Waals surface area (Å²) in [5.41, 5.74) is 4.21. The quantitative estimate of drug-likeness (QED) is 0.685. The zero-order chi connectivity index (χ0) is 23.9. The normalized spacial score (nSPS) is 20.1. The zero-order valence-corrected chi connectivity index (χ0v) is 20.5. The Morgan fingerprint density at radius 1 is 1.00 bits per heavy atom. The van der Waals surface area contributed by atoms with Crippen LogP contribution >= 0.6 is 0 Å². The van der Waals surface area contributed by atoms with Gasteiger partial charge in [-0.25, -0.2) is 0 Å². The highest BCUT2D eigenvalue weighted by atomic mass is 16.2. The summed E-state index contributed by atoms with van der Waals surface area (Å²) in [7, 11) is 1.90. The van der Waals surface area contributed by atoms with Gasteiger partial charge in [-0.1, -0.05) is 24.3 Å². The fourth-order valence-corrected chi connectivity index (χ4v) is 5.06. The number of nitrogens with zero attached hydrogens (tertiary/aromatic N) is 4. The number of rotatable bonds is 7. The highest BCUT2D eigenvalue weighted by molar-refractivity contribution is 5.92. The van der Waals surface area contributed by atoms with Gasteiger partial charge < -0.3 is 10.2 Å². The molecule has 0 unspecified atom stereocenters. The van der Waals surface area contributed by atoms with Gasteiger partial charge in [0.15, 0.2) is 0 Å². The summed E-state index contributed by atoms with van der Waals surface area (Å²) in [6.07, 6.45) is 2.72. The predicted molar refractivity (Wildman–Crippen MR) is 136 cm³/mol. The molecule has 0 spiro atoms. The summed E-state index contributed by atoms with van der Waals surface area (Å²) >= 11 is 0. The summed E-state index contributed by atoms with van der Waals surface area (Å²) in [6.45, 7) is 9.33. The maximum absolute atomic E-state index is 13.0. The molecule has 0 aliphatic carbocycles. The SMILES string of the molecule is C[C@H]1CN(Cc2ccc(N(C)C(=O)CC3CCN(Cc4ccc(C#N)cc4)CC3)cc2)CCN1. The molecule has 34 heavy (non-hydrogen) atoms. The second kappa shape index (κ2) is 11.6. The van der Waals surface area contributed by atoms with E-state index in [0.29, 0.717) is 23.9 Å². The Hall–Kier alpha value is -2.72. The number of hydrogen-bond acceptors (Lipinski definition) is 5. The van der Waals surface area contributed by atoms with Crippen molar-refractivity contribution in [2.75, 3.05) is 44.7 Å². The zero-order valence-electron chi connectivity index (χ0n) is 20.5. The smallest absolute Gasteiger partial charge is 0.226 e. The minimum atomic E-state index is 0.203. The lowest BCUT2D eigenvalue weighted by Gasteiger charge is -2.32. The van der Waals surface area contributed by atoms with Crippen molar-refractivity contribution in [3.63, 3.8) is 0 Å². The summed E-state index contributed by atoms with van der Waals surface area (Å²) in [5, 5.41) is 12.4. The van der Waals surface area contributed by atoms with E-state index in [1.54, 1.807) is 0 Å². The van der Waals surface area contributed by atoms with Crippen LogP contribution in [0.5, 0.6) is 0 Å². The number of nitrogens with one attached hydrogen (secondary N) is 1. The van der Waals surface area contributed by atoms with Crippen LogP contribution in [0.3, 0.4) is 0 Å². The van der Waals surface area contributed by atoms with Crippen molar-refractivity contribution in [1.29, 1.82) is 5.26 Å². The van der Waals surface area contributed by atoms with Gasteiger partial charge in [-0.05, 0) is 74.2 Å². The average Bonchev–Trinajstić information content (AvgIpc) is 2.86. The van der Waals surface area contributed by atoms with Gasteiger partial charge in [-0.15, -0.1) is 0 Å². The van der Waals surface area contributed by atoms with E-state index in [0.717, 1.165) is 64.3 Å². The Morgan fingerprint density at radius 3 is 2.24 bits per heavy atom. The molecule has 0 radical (unpaired) electrons. The largest absolute Gasteiger partial charge is 0.315 e. The molecule has 2 heterocycles. The number of piperidine rings is 1. The summed E-state index contributed by atoms with van der Waals surface area (Å²) in [4.78, 5) is 19.7. The molecule has 2 saturated heterocycles. The number of likely N-dealkylation sites (tertiary alicyclic amines) is 1. The van der Waals surface area contributed by atoms with Gasteiger partial charge >= 0.3 is 0 Å². The first kappa shape index (κ1) is 24.4. The molecular weight excluding hydrogens is 422 g/mol. The number of amides is 1. The van der Waals surface area contributed by atoms with E-state index in [4.69, 9.17) is 5.26 Å². The van der Waals surface area contributed by atoms with E-state index in [1.807, 2.05) is 36.2 Å². The fraction of sp³-hybridized carbons (Fsp3) is 0.500. The maximum atomic E-state index is 13.0. The van der Waals surface area contributed by atoms with Gasteiger partial charge in [0.2, 0.25) is 5.91 Å². The van der Waals surface area contributed by atoms with E-state index >= 15 is 0 Å². The van der Waals surface area contributed by atoms with Crippen molar-refractivity contribution < 1.29 is 4.79 Å². The second-order valence-electron chi connectivity index (χ2n) is 9.94. The first-order valence-electron chi connectivity index (χ1n) is 12.5. The van der Waals surface area contributed by atoms with Crippen molar-refractivity contribution in [1.82, 2.24) is 15.1 Å². The Bertz CT molecular complexity index is 973. The highest BCUT2D eigenvalue weighted by Gasteiger charge is 2.23. The molecule has 2 aliphatic rings. The first-order chi connectivity index (χ1) is 16.5. The van der Waals surface area contributed by atoms with E-state index in [-0.39, 0.29) is 5.91 Å². The van der Waals surface area contributed by atoms with Crippen LogP contribution in [-0.4, -0.2) is 61.5 Å². The molecule has 1 atom stereocenters. The lowest BCUT2D eigenvalue weighted by Crippen LogP contribution is -2.48. The van der Waals surface area contributed by atoms with Gasteiger partial charge in [-0.2, -0.15) is 5.26 Å². The van der Waals surface area contributed by atoms with Crippen LogP contribution in [0.2, 0.25) is 0 Å². The number of piperazine rings is 1. The second-order valence-corrected chi connectivity index (χ2v) is 9.94. The van der Waals surface area contributed by atoms with Crippen molar-refractivity contribution in [3.05, 3.63) is 65.2 Å². The summed E-state index contributed by atoms with van der Waals surface area (Å²) in [5.74, 6) is 0.648. The van der Waals surface area contributed by atoms with Gasteiger partial charge in [0.25, 0.3) is 0 Å². The van der Waals surface area contributed by atoms with Crippen LogP contribution in [0.15, 0.2) is 48.5 Å². The van der Waals surface area contributed by atoms with Crippen LogP contribution in [-0.2, 0) is 17.9 Å². The third kappa shape index (κ3) is 6.66. The molecular formula is C28H37N5O.